The van der Waals surface area contributed by atoms with E-state index in [-0.39, 0.29) is 11.9 Å². The second-order valence-electron chi connectivity index (χ2n) is 7.76. The summed E-state index contributed by atoms with van der Waals surface area (Å²) >= 11 is 1.47. The Labute approximate surface area is 207 Å². The second kappa shape index (κ2) is 11.1. The van der Waals surface area contributed by atoms with Gasteiger partial charge in [0.25, 0.3) is 0 Å². The molecule has 1 aromatic heterocycles. The summed E-state index contributed by atoms with van der Waals surface area (Å²) in [5, 5.41) is 6.69. The van der Waals surface area contributed by atoms with Gasteiger partial charge in [0.05, 0.1) is 45.7 Å². The first-order valence-electron chi connectivity index (χ1n) is 11.1. The summed E-state index contributed by atoms with van der Waals surface area (Å²) < 4.78 is 23.6. The standard InChI is InChI=1S/C26H27N3O5S/c1-5-12-27-26-29(21(16-35-26)20-10-9-19(31-2)14-23(20)32-3)28-15-17-6-11-22(24(13-17)33-4)34-25(30)18-7-8-18/h5-6,9-11,13-16,18H,1,7-8,12H2,2-4H3. The van der Waals surface area contributed by atoms with Gasteiger partial charge in [-0.15, -0.1) is 17.9 Å². The van der Waals surface area contributed by atoms with Crippen LogP contribution >= 0.6 is 11.3 Å². The van der Waals surface area contributed by atoms with Gasteiger partial charge in [0.1, 0.15) is 11.5 Å². The number of methoxy groups -OCH3 is 3. The van der Waals surface area contributed by atoms with Gasteiger partial charge in [-0.25, -0.2) is 4.68 Å². The molecule has 1 fully saturated rings. The molecule has 8 nitrogen and oxygen atoms in total. The van der Waals surface area contributed by atoms with E-state index in [1.165, 1.54) is 11.3 Å². The van der Waals surface area contributed by atoms with Gasteiger partial charge in [0, 0.05) is 17.0 Å². The van der Waals surface area contributed by atoms with Gasteiger partial charge in [-0.3, -0.25) is 9.79 Å². The third kappa shape index (κ3) is 5.63. The highest BCUT2D eigenvalue weighted by Crippen LogP contribution is 2.35. The van der Waals surface area contributed by atoms with Crippen LogP contribution in [0.2, 0.25) is 0 Å². The van der Waals surface area contributed by atoms with E-state index in [9.17, 15) is 4.79 Å². The van der Waals surface area contributed by atoms with Gasteiger partial charge in [0.15, 0.2) is 11.5 Å². The predicted molar refractivity (Wildman–Crippen MR) is 136 cm³/mol. The molecule has 1 saturated carbocycles. The Bertz CT molecular complexity index is 1320. The zero-order valence-electron chi connectivity index (χ0n) is 19.9. The second-order valence-corrected chi connectivity index (χ2v) is 8.60. The van der Waals surface area contributed by atoms with E-state index in [1.54, 1.807) is 50.4 Å². The molecule has 0 N–H and O–H groups in total. The summed E-state index contributed by atoms with van der Waals surface area (Å²) in [4.78, 5) is 17.3. The Balaban J connectivity index is 1.70. The fourth-order valence-corrected chi connectivity index (χ4v) is 4.18. The van der Waals surface area contributed by atoms with Crippen LogP contribution < -0.4 is 23.7 Å². The maximum Gasteiger partial charge on any atom is 0.314 e. The molecule has 0 amide bonds. The first-order chi connectivity index (χ1) is 17.1. The molecule has 1 heterocycles. The van der Waals surface area contributed by atoms with E-state index in [0.29, 0.717) is 34.3 Å². The average molecular weight is 494 g/mol. The number of thiazole rings is 1. The summed E-state index contributed by atoms with van der Waals surface area (Å²) in [5.41, 5.74) is 2.44. The Morgan fingerprint density at radius 1 is 1.09 bits per heavy atom. The van der Waals surface area contributed by atoms with Crippen LogP contribution in [0.5, 0.6) is 23.0 Å². The van der Waals surface area contributed by atoms with E-state index in [2.05, 4.69) is 11.6 Å². The van der Waals surface area contributed by atoms with Gasteiger partial charge in [-0.1, -0.05) is 6.08 Å². The molecule has 4 rings (SSSR count). The first-order valence-corrected chi connectivity index (χ1v) is 11.9. The SMILES string of the molecule is C=CCN=c1scc(-c2ccc(OC)cc2OC)n1N=Cc1ccc(OC(=O)C2CC2)c(OC)c1. The summed E-state index contributed by atoms with van der Waals surface area (Å²) in [7, 11) is 4.77. The Morgan fingerprint density at radius 3 is 2.57 bits per heavy atom. The van der Waals surface area contributed by atoms with Crippen LogP contribution in [0, 0.1) is 5.92 Å². The fourth-order valence-electron chi connectivity index (χ4n) is 3.34. The van der Waals surface area contributed by atoms with Crippen molar-refractivity contribution in [3.05, 3.63) is 64.8 Å². The number of esters is 1. The van der Waals surface area contributed by atoms with Gasteiger partial charge < -0.3 is 18.9 Å². The third-order valence-electron chi connectivity index (χ3n) is 5.36. The number of benzene rings is 2. The highest BCUT2D eigenvalue weighted by atomic mass is 32.1. The molecule has 9 heteroatoms. The Morgan fingerprint density at radius 2 is 1.89 bits per heavy atom. The smallest absolute Gasteiger partial charge is 0.314 e. The summed E-state index contributed by atoms with van der Waals surface area (Å²) in [6.07, 6.45) is 5.19. The monoisotopic (exact) mass is 493 g/mol. The zero-order chi connectivity index (χ0) is 24.8. The van der Waals surface area contributed by atoms with Crippen molar-refractivity contribution in [1.82, 2.24) is 4.68 Å². The van der Waals surface area contributed by atoms with Gasteiger partial charge in [-0.05, 0) is 48.7 Å². The fraction of sp³-hybridized carbons (Fsp3) is 0.269. The number of carbonyl (C=O) groups is 1. The number of hydrogen-bond donors (Lipinski definition) is 0. The zero-order valence-corrected chi connectivity index (χ0v) is 20.7. The number of hydrogen-bond acceptors (Lipinski definition) is 8. The van der Waals surface area contributed by atoms with Crippen molar-refractivity contribution in [3.63, 3.8) is 0 Å². The van der Waals surface area contributed by atoms with Gasteiger partial charge in [0.2, 0.25) is 4.80 Å². The third-order valence-corrected chi connectivity index (χ3v) is 6.21. The number of ether oxygens (including phenoxy) is 4. The van der Waals surface area contributed by atoms with E-state index in [0.717, 1.165) is 29.7 Å². The molecule has 35 heavy (non-hydrogen) atoms. The lowest BCUT2D eigenvalue weighted by molar-refractivity contribution is -0.135. The Kier molecular flexibility index (Phi) is 7.67. The van der Waals surface area contributed by atoms with Crippen LogP contribution in [0.25, 0.3) is 11.3 Å². The molecule has 2 aromatic carbocycles. The highest BCUT2D eigenvalue weighted by molar-refractivity contribution is 7.07. The van der Waals surface area contributed by atoms with Crippen LogP contribution in [0.1, 0.15) is 18.4 Å². The number of rotatable bonds is 10. The molecule has 0 spiro atoms. The topological polar surface area (TPSA) is 83.6 Å². The average Bonchev–Trinajstić information content (AvgIpc) is 3.67. The minimum atomic E-state index is -0.218. The number of nitrogens with zero attached hydrogens (tertiary/aromatic N) is 3. The van der Waals surface area contributed by atoms with Gasteiger partial charge >= 0.3 is 5.97 Å². The van der Waals surface area contributed by atoms with Gasteiger partial charge in [-0.2, -0.15) is 5.10 Å². The molecule has 0 radical (unpaired) electrons. The van der Waals surface area contributed by atoms with Crippen LogP contribution in [-0.2, 0) is 4.79 Å². The molecule has 0 bridgehead atoms. The van der Waals surface area contributed by atoms with Crippen LogP contribution in [0.4, 0.5) is 0 Å². The molecular weight excluding hydrogens is 466 g/mol. The maximum absolute atomic E-state index is 12.1. The Hall–Kier alpha value is -3.85. The van der Waals surface area contributed by atoms with Crippen molar-refractivity contribution in [2.24, 2.45) is 16.0 Å². The first kappa shape index (κ1) is 24.3. The molecule has 0 aliphatic heterocycles. The molecule has 0 unspecified atom stereocenters. The molecular formula is C26H27N3O5S. The molecule has 0 saturated heterocycles. The van der Waals surface area contributed by atoms with E-state index in [4.69, 9.17) is 24.0 Å². The van der Waals surface area contributed by atoms with E-state index >= 15 is 0 Å². The maximum atomic E-state index is 12.1. The minimum absolute atomic E-state index is 0.00189. The number of carbonyl (C=O) groups excluding carboxylic acids is 1. The van der Waals surface area contributed by atoms with Crippen molar-refractivity contribution in [3.8, 4) is 34.3 Å². The molecule has 182 valence electrons. The highest BCUT2D eigenvalue weighted by Gasteiger charge is 2.32. The molecule has 1 aliphatic carbocycles. The van der Waals surface area contributed by atoms with Crippen molar-refractivity contribution >= 4 is 23.5 Å². The summed E-state index contributed by atoms with van der Waals surface area (Å²) in [6, 6.07) is 10.9. The predicted octanol–water partition coefficient (Wildman–Crippen LogP) is 4.53. The van der Waals surface area contributed by atoms with Crippen molar-refractivity contribution in [2.75, 3.05) is 27.9 Å². The van der Waals surface area contributed by atoms with Crippen molar-refractivity contribution in [1.29, 1.82) is 0 Å². The largest absolute Gasteiger partial charge is 0.497 e. The summed E-state index contributed by atoms with van der Waals surface area (Å²) in [5.74, 6) is 2.00. The van der Waals surface area contributed by atoms with Crippen LogP contribution in [-0.4, -0.2) is 44.7 Å². The lowest BCUT2D eigenvalue weighted by Gasteiger charge is -2.11. The molecule has 3 aromatic rings. The lowest BCUT2D eigenvalue weighted by atomic mass is 10.1. The summed E-state index contributed by atoms with van der Waals surface area (Å²) in [6.45, 7) is 4.21. The van der Waals surface area contributed by atoms with Crippen LogP contribution in [0.15, 0.2) is 64.5 Å². The lowest BCUT2D eigenvalue weighted by Crippen LogP contribution is -2.13. The molecule has 1 aliphatic rings. The quantitative estimate of drug-likeness (QED) is 0.179. The van der Waals surface area contributed by atoms with E-state index in [1.807, 2.05) is 29.6 Å². The van der Waals surface area contributed by atoms with E-state index < -0.39 is 0 Å². The van der Waals surface area contributed by atoms with Crippen molar-refractivity contribution < 1.29 is 23.7 Å². The number of aromatic nitrogens is 1. The normalized spacial score (nSPS) is 13.6. The van der Waals surface area contributed by atoms with Crippen LogP contribution in [0.3, 0.4) is 0 Å². The van der Waals surface area contributed by atoms with Crippen molar-refractivity contribution in [2.45, 2.75) is 12.8 Å². The minimum Gasteiger partial charge on any atom is -0.497 e. The molecule has 0 atom stereocenters.